The first-order chi connectivity index (χ1) is 13.7. The van der Waals surface area contributed by atoms with Gasteiger partial charge in [0, 0.05) is 42.2 Å². The highest BCUT2D eigenvalue weighted by Crippen LogP contribution is 2.23. The summed E-state index contributed by atoms with van der Waals surface area (Å²) in [5.74, 6) is 0.835. The number of carbonyl (C=O) groups excluding carboxylic acids is 1. The second-order valence-electron chi connectivity index (χ2n) is 6.81. The molecular formula is C21H21N5O2. The molecule has 0 aliphatic heterocycles. The van der Waals surface area contributed by atoms with Crippen LogP contribution >= 0.6 is 0 Å². The predicted molar refractivity (Wildman–Crippen MR) is 105 cm³/mol. The molecule has 0 fully saturated rings. The fourth-order valence-electron chi connectivity index (χ4n) is 3.14. The average Bonchev–Trinajstić information content (AvgIpc) is 3.33. The molecule has 4 rings (SSSR count). The lowest BCUT2D eigenvalue weighted by Crippen LogP contribution is -2.34. The van der Waals surface area contributed by atoms with Gasteiger partial charge in [0.1, 0.15) is 5.69 Å². The Hall–Kier alpha value is -3.48. The number of rotatable bonds is 7. The highest BCUT2D eigenvalue weighted by molar-refractivity contribution is 5.84. The van der Waals surface area contributed by atoms with E-state index in [-0.39, 0.29) is 11.9 Å². The molecule has 0 radical (unpaired) electrons. The van der Waals surface area contributed by atoms with Gasteiger partial charge in [-0.2, -0.15) is 0 Å². The summed E-state index contributed by atoms with van der Waals surface area (Å²) in [6.45, 7) is 1.98. The average molecular weight is 375 g/mol. The molecule has 0 aliphatic carbocycles. The zero-order valence-electron chi connectivity index (χ0n) is 15.6. The summed E-state index contributed by atoms with van der Waals surface area (Å²) in [5.41, 5.74) is 2.88. The van der Waals surface area contributed by atoms with Crippen LogP contribution in [0.5, 0.6) is 0 Å². The Bertz CT molecular complexity index is 1040. The molecule has 0 saturated heterocycles. The normalized spacial score (nSPS) is 12.2. The molecule has 0 bridgehead atoms. The van der Waals surface area contributed by atoms with E-state index in [1.54, 1.807) is 6.20 Å². The van der Waals surface area contributed by atoms with E-state index in [0.29, 0.717) is 24.6 Å². The number of carbonyl (C=O) groups is 1. The molecule has 0 aliphatic rings. The molecule has 2 N–H and O–H groups in total. The second kappa shape index (κ2) is 8.04. The molecule has 3 heterocycles. The monoisotopic (exact) mass is 375 g/mol. The smallest absolute Gasteiger partial charge is 0.264 e. The predicted octanol–water partition coefficient (Wildman–Crippen LogP) is 3.29. The van der Waals surface area contributed by atoms with Crippen LogP contribution in [0.2, 0.25) is 0 Å². The van der Waals surface area contributed by atoms with Crippen molar-refractivity contribution in [2.45, 2.75) is 32.2 Å². The van der Waals surface area contributed by atoms with Crippen molar-refractivity contribution in [3.8, 4) is 11.6 Å². The summed E-state index contributed by atoms with van der Waals surface area (Å²) >= 11 is 0. The van der Waals surface area contributed by atoms with E-state index < -0.39 is 0 Å². The van der Waals surface area contributed by atoms with E-state index in [0.717, 1.165) is 28.6 Å². The van der Waals surface area contributed by atoms with Crippen molar-refractivity contribution in [3.05, 3.63) is 66.3 Å². The number of nitrogens with one attached hydrogen (secondary N) is 2. The van der Waals surface area contributed by atoms with Gasteiger partial charge in [0.05, 0.1) is 0 Å². The summed E-state index contributed by atoms with van der Waals surface area (Å²) in [6.07, 6.45) is 4.99. The second-order valence-corrected chi connectivity index (χ2v) is 6.81. The summed E-state index contributed by atoms with van der Waals surface area (Å²) < 4.78 is 5.71. The van der Waals surface area contributed by atoms with Crippen LogP contribution in [-0.2, 0) is 17.6 Å². The Kier molecular flexibility index (Phi) is 5.14. The maximum absolute atomic E-state index is 12.2. The number of aryl methyl sites for hydroxylation is 1. The number of amides is 1. The van der Waals surface area contributed by atoms with Crippen LogP contribution in [-0.4, -0.2) is 32.1 Å². The first kappa shape index (κ1) is 17.9. The van der Waals surface area contributed by atoms with Crippen LogP contribution in [0.3, 0.4) is 0 Å². The third kappa shape index (κ3) is 4.25. The molecule has 7 heteroatoms. The lowest BCUT2D eigenvalue weighted by molar-refractivity contribution is -0.121. The number of aromatic amines is 1. The van der Waals surface area contributed by atoms with E-state index in [1.807, 2.05) is 55.6 Å². The van der Waals surface area contributed by atoms with Crippen molar-refractivity contribution in [2.75, 3.05) is 0 Å². The largest absolute Gasteiger partial charge is 0.419 e. The minimum atomic E-state index is -0.0400. The summed E-state index contributed by atoms with van der Waals surface area (Å²) in [7, 11) is 0. The van der Waals surface area contributed by atoms with E-state index in [2.05, 4.69) is 25.5 Å². The van der Waals surface area contributed by atoms with E-state index >= 15 is 0 Å². The third-order valence-electron chi connectivity index (χ3n) is 4.47. The molecule has 1 aromatic carbocycles. The summed E-state index contributed by atoms with van der Waals surface area (Å²) in [5, 5.41) is 12.2. The Labute approximate surface area is 162 Å². The molecule has 142 valence electrons. The molecule has 1 unspecified atom stereocenters. The van der Waals surface area contributed by atoms with Crippen molar-refractivity contribution in [1.82, 2.24) is 25.5 Å². The van der Waals surface area contributed by atoms with Crippen molar-refractivity contribution < 1.29 is 9.21 Å². The molecule has 1 atom stereocenters. The van der Waals surface area contributed by atoms with Crippen LogP contribution in [0, 0.1) is 0 Å². The zero-order chi connectivity index (χ0) is 19.3. The van der Waals surface area contributed by atoms with Crippen molar-refractivity contribution in [3.63, 3.8) is 0 Å². The first-order valence-corrected chi connectivity index (χ1v) is 9.26. The number of aromatic nitrogens is 4. The van der Waals surface area contributed by atoms with Crippen LogP contribution in [0.15, 0.2) is 59.3 Å². The fraction of sp³-hybridized carbons (Fsp3) is 0.238. The van der Waals surface area contributed by atoms with Gasteiger partial charge in [0.15, 0.2) is 0 Å². The summed E-state index contributed by atoms with van der Waals surface area (Å²) in [6, 6.07) is 13.9. The van der Waals surface area contributed by atoms with Gasteiger partial charge in [-0.05, 0) is 37.1 Å². The Morgan fingerprint density at radius 1 is 1.21 bits per heavy atom. The zero-order valence-corrected chi connectivity index (χ0v) is 15.6. The molecule has 4 aromatic rings. The molecule has 3 aromatic heterocycles. The minimum Gasteiger partial charge on any atom is -0.419 e. The van der Waals surface area contributed by atoms with Gasteiger partial charge >= 0.3 is 0 Å². The molecule has 7 nitrogen and oxygen atoms in total. The lowest BCUT2D eigenvalue weighted by Gasteiger charge is -2.13. The van der Waals surface area contributed by atoms with Crippen molar-refractivity contribution in [2.24, 2.45) is 0 Å². The van der Waals surface area contributed by atoms with Gasteiger partial charge in [0.2, 0.25) is 11.8 Å². The van der Waals surface area contributed by atoms with Gasteiger partial charge in [-0.15, -0.1) is 10.2 Å². The van der Waals surface area contributed by atoms with Gasteiger partial charge in [-0.1, -0.05) is 24.3 Å². The van der Waals surface area contributed by atoms with Crippen LogP contribution in [0.25, 0.3) is 22.5 Å². The van der Waals surface area contributed by atoms with Crippen molar-refractivity contribution >= 4 is 16.8 Å². The molecule has 1 amide bonds. The number of pyridine rings is 1. The van der Waals surface area contributed by atoms with Gasteiger partial charge < -0.3 is 14.7 Å². The standard InChI is InChI=1S/C21H21N5O2/c1-14(11-15-5-4-10-22-13-15)23-19(27)8-9-20-25-26-21(28-20)18-12-16-6-2-3-7-17(16)24-18/h2-7,10,12-14,24H,8-9,11H2,1H3,(H,23,27). The maximum atomic E-state index is 12.2. The topological polar surface area (TPSA) is 96.7 Å². The number of hydrogen-bond acceptors (Lipinski definition) is 5. The number of nitrogens with zero attached hydrogens (tertiary/aromatic N) is 3. The third-order valence-corrected chi connectivity index (χ3v) is 4.47. The molecule has 28 heavy (non-hydrogen) atoms. The Morgan fingerprint density at radius 2 is 2.11 bits per heavy atom. The van der Waals surface area contributed by atoms with E-state index in [4.69, 9.17) is 4.42 Å². The number of fused-ring (bicyclic) bond motifs is 1. The molecule has 0 saturated carbocycles. The lowest BCUT2D eigenvalue weighted by atomic mass is 10.1. The van der Waals surface area contributed by atoms with Crippen LogP contribution in [0.1, 0.15) is 24.8 Å². The van der Waals surface area contributed by atoms with Crippen molar-refractivity contribution in [1.29, 1.82) is 0 Å². The SMILES string of the molecule is CC(Cc1cccnc1)NC(=O)CCc1nnc(-c2cc3ccccc3[nH]2)o1. The van der Waals surface area contributed by atoms with Gasteiger partial charge in [-0.25, -0.2) is 0 Å². The summed E-state index contributed by atoms with van der Waals surface area (Å²) in [4.78, 5) is 19.5. The highest BCUT2D eigenvalue weighted by Gasteiger charge is 2.14. The highest BCUT2D eigenvalue weighted by atomic mass is 16.4. The number of para-hydroxylation sites is 1. The maximum Gasteiger partial charge on any atom is 0.264 e. The molecular weight excluding hydrogens is 354 g/mol. The van der Waals surface area contributed by atoms with E-state index in [1.165, 1.54) is 0 Å². The van der Waals surface area contributed by atoms with Gasteiger partial charge in [0.25, 0.3) is 5.89 Å². The fourth-order valence-corrected chi connectivity index (χ4v) is 3.14. The number of hydrogen-bond donors (Lipinski definition) is 2. The Morgan fingerprint density at radius 3 is 2.93 bits per heavy atom. The number of benzene rings is 1. The molecule has 0 spiro atoms. The van der Waals surface area contributed by atoms with Gasteiger partial charge in [-0.3, -0.25) is 9.78 Å². The first-order valence-electron chi connectivity index (χ1n) is 9.26. The quantitative estimate of drug-likeness (QED) is 0.517. The van der Waals surface area contributed by atoms with E-state index in [9.17, 15) is 4.79 Å². The van der Waals surface area contributed by atoms with Crippen LogP contribution < -0.4 is 5.32 Å². The Balaban J connectivity index is 1.31. The number of H-pyrrole nitrogens is 1. The van der Waals surface area contributed by atoms with Crippen LogP contribution in [0.4, 0.5) is 0 Å². The minimum absolute atomic E-state index is 0.0290.